The highest BCUT2D eigenvalue weighted by atomic mass is 15.1. The van der Waals surface area contributed by atoms with Gasteiger partial charge in [-0.05, 0) is 0 Å². The zero-order valence-electron chi connectivity index (χ0n) is 8.55. The number of nitrogens with zero attached hydrogens (tertiary/aromatic N) is 5. The van der Waals surface area contributed by atoms with Crippen molar-refractivity contribution in [2.24, 2.45) is 7.05 Å². The van der Waals surface area contributed by atoms with Gasteiger partial charge in [0.1, 0.15) is 11.2 Å². The number of nitrogens with one attached hydrogen (secondary N) is 1. The smallest absolute Gasteiger partial charge is 0.222 e. The molecule has 0 amide bonds. The molecule has 0 radical (unpaired) electrons. The summed E-state index contributed by atoms with van der Waals surface area (Å²) in [6.45, 7) is 0. The van der Waals surface area contributed by atoms with Crippen molar-refractivity contribution in [1.29, 1.82) is 0 Å². The van der Waals surface area contributed by atoms with Crippen molar-refractivity contribution in [3.8, 4) is 11.5 Å². The minimum Gasteiger partial charge on any atom is -0.368 e. The quantitative estimate of drug-likeness (QED) is 0.609. The number of anilines is 1. The number of nitrogens with two attached hydrogens (primary N) is 1. The number of nitrogen functional groups attached to an aromatic ring is 1. The Morgan fingerprint density at radius 1 is 1.31 bits per heavy atom. The zero-order chi connectivity index (χ0) is 11.1. The van der Waals surface area contributed by atoms with Gasteiger partial charge >= 0.3 is 0 Å². The van der Waals surface area contributed by atoms with Gasteiger partial charge in [-0.1, -0.05) is 0 Å². The Labute approximate surface area is 90.4 Å². The summed E-state index contributed by atoms with van der Waals surface area (Å²) in [4.78, 5) is 19.5. The van der Waals surface area contributed by atoms with Gasteiger partial charge in [-0.15, -0.1) is 0 Å². The van der Waals surface area contributed by atoms with Crippen LogP contribution in [0.1, 0.15) is 0 Å². The second-order valence-corrected chi connectivity index (χ2v) is 3.39. The summed E-state index contributed by atoms with van der Waals surface area (Å²) in [5.41, 5.74) is 7.57. The molecule has 0 unspecified atom stereocenters. The summed E-state index contributed by atoms with van der Waals surface area (Å²) in [5, 5.41) is 0. The van der Waals surface area contributed by atoms with E-state index in [2.05, 4.69) is 24.9 Å². The second kappa shape index (κ2) is 3.02. The first kappa shape index (κ1) is 8.84. The van der Waals surface area contributed by atoms with Gasteiger partial charge in [-0.2, -0.15) is 4.98 Å². The molecule has 16 heavy (non-hydrogen) atoms. The first-order valence-electron chi connectivity index (χ1n) is 4.70. The Morgan fingerprint density at radius 3 is 2.94 bits per heavy atom. The van der Waals surface area contributed by atoms with Gasteiger partial charge in [0.15, 0.2) is 11.5 Å². The number of hydrogen-bond acceptors (Lipinski definition) is 5. The summed E-state index contributed by atoms with van der Waals surface area (Å²) in [6, 6.07) is 0. The van der Waals surface area contributed by atoms with Gasteiger partial charge in [0.2, 0.25) is 5.95 Å². The molecule has 3 heterocycles. The lowest BCUT2D eigenvalue weighted by molar-refractivity contribution is 0.918. The fourth-order valence-corrected chi connectivity index (χ4v) is 1.61. The van der Waals surface area contributed by atoms with E-state index < -0.39 is 0 Å². The van der Waals surface area contributed by atoms with Crippen LogP contribution in [0.4, 0.5) is 5.95 Å². The van der Waals surface area contributed by atoms with Crippen LogP contribution in [-0.2, 0) is 7.05 Å². The molecule has 0 aromatic carbocycles. The van der Waals surface area contributed by atoms with E-state index >= 15 is 0 Å². The average molecular weight is 215 g/mol. The van der Waals surface area contributed by atoms with Crippen molar-refractivity contribution in [2.45, 2.75) is 0 Å². The largest absolute Gasteiger partial charge is 0.368 e. The molecule has 7 heteroatoms. The molecule has 0 saturated carbocycles. The van der Waals surface area contributed by atoms with Crippen molar-refractivity contribution < 1.29 is 0 Å². The SMILES string of the molecule is Cn1ccnc1-c1nc(N)nc2nc[nH]c12. The molecule has 3 rings (SSSR count). The highest BCUT2D eigenvalue weighted by Crippen LogP contribution is 2.22. The highest BCUT2D eigenvalue weighted by molar-refractivity contribution is 5.85. The van der Waals surface area contributed by atoms with Crippen molar-refractivity contribution >= 4 is 17.1 Å². The maximum Gasteiger partial charge on any atom is 0.222 e. The van der Waals surface area contributed by atoms with Crippen molar-refractivity contribution in [3.05, 3.63) is 18.7 Å². The molecule has 80 valence electrons. The van der Waals surface area contributed by atoms with Gasteiger partial charge in [-0.25, -0.2) is 15.0 Å². The second-order valence-electron chi connectivity index (χ2n) is 3.39. The van der Waals surface area contributed by atoms with Gasteiger partial charge in [-0.3, -0.25) is 0 Å². The monoisotopic (exact) mass is 215 g/mol. The molecule has 0 saturated heterocycles. The number of rotatable bonds is 1. The van der Waals surface area contributed by atoms with Gasteiger partial charge in [0.05, 0.1) is 6.33 Å². The number of aromatic amines is 1. The summed E-state index contributed by atoms with van der Waals surface area (Å²) in [5.74, 6) is 0.918. The standard InChI is InChI=1S/C9H9N7/c1-16-3-2-11-8(16)6-5-7(13-4-12-5)15-9(10)14-6/h2-4H,1H3,(H3,10,12,13,14,15). The molecule has 0 aliphatic carbocycles. The number of aromatic nitrogens is 6. The van der Waals surface area contributed by atoms with E-state index in [1.54, 1.807) is 12.5 Å². The summed E-state index contributed by atoms with van der Waals surface area (Å²) in [6.07, 6.45) is 5.11. The fraction of sp³-hybridized carbons (Fsp3) is 0.111. The van der Waals surface area contributed by atoms with Gasteiger partial charge in [0.25, 0.3) is 0 Å². The van der Waals surface area contributed by atoms with E-state index in [1.807, 2.05) is 17.8 Å². The summed E-state index contributed by atoms with van der Waals surface area (Å²) < 4.78 is 1.86. The molecule has 7 nitrogen and oxygen atoms in total. The van der Waals surface area contributed by atoms with Crippen molar-refractivity contribution in [3.63, 3.8) is 0 Å². The molecule has 0 atom stereocenters. The molecular weight excluding hydrogens is 206 g/mol. The fourth-order valence-electron chi connectivity index (χ4n) is 1.61. The molecule has 0 spiro atoms. The van der Waals surface area contributed by atoms with E-state index in [9.17, 15) is 0 Å². The van der Waals surface area contributed by atoms with Crippen LogP contribution in [0.25, 0.3) is 22.7 Å². The number of imidazole rings is 2. The first-order chi connectivity index (χ1) is 7.75. The predicted octanol–water partition coefficient (Wildman–Crippen LogP) is 0.336. The summed E-state index contributed by atoms with van der Waals surface area (Å²) in [7, 11) is 1.89. The molecule has 3 aromatic heterocycles. The average Bonchev–Trinajstić information content (AvgIpc) is 2.84. The highest BCUT2D eigenvalue weighted by Gasteiger charge is 2.13. The molecule has 0 fully saturated rings. The lowest BCUT2D eigenvalue weighted by Crippen LogP contribution is -2.01. The van der Waals surface area contributed by atoms with Crippen LogP contribution in [0, 0.1) is 0 Å². The third-order valence-corrected chi connectivity index (χ3v) is 2.34. The maximum absolute atomic E-state index is 5.63. The number of H-pyrrole nitrogens is 1. The third kappa shape index (κ3) is 1.14. The Kier molecular flexibility index (Phi) is 1.67. The lowest BCUT2D eigenvalue weighted by atomic mass is 10.3. The molecule has 3 aromatic rings. The van der Waals surface area contributed by atoms with Crippen molar-refractivity contribution in [1.82, 2.24) is 29.5 Å². The van der Waals surface area contributed by atoms with Gasteiger partial charge in [0, 0.05) is 19.4 Å². The van der Waals surface area contributed by atoms with Crippen LogP contribution in [0.5, 0.6) is 0 Å². The van der Waals surface area contributed by atoms with E-state index in [-0.39, 0.29) is 5.95 Å². The molecule has 3 N–H and O–H groups in total. The molecule has 0 bridgehead atoms. The Balaban J connectivity index is 2.38. The maximum atomic E-state index is 5.63. The topological polar surface area (TPSA) is 98.3 Å². The van der Waals surface area contributed by atoms with Crippen LogP contribution in [0.2, 0.25) is 0 Å². The van der Waals surface area contributed by atoms with Crippen LogP contribution >= 0.6 is 0 Å². The first-order valence-corrected chi connectivity index (χ1v) is 4.70. The van der Waals surface area contributed by atoms with E-state index in [1.165, 1.54) is 0 Å². The number of aryl methyl sites for hydroxylation is 1. The minimum atomic E-state index is 0.192. The Morgan fingerprint density at radius 2 is 2.19 bits per heavy atom. The van der Waals surface area contributed by atoms with E-state index in [0.29, 0.717) is 11.3 Å². The van der Waals surface area contributed by atoms with Crippen LogP contribution in [-0.4, -0.2) is 29.5 Å². The predicted molar refractivity (Wildman–Crippen MR) is 58.3 cm³/mol. The summed E-state index contributed by atoms with van der Waals surface area (Å²) >= 11 is 0. The van der Waals surface area contributed by atoms with Crippen molar-refractivity contribution in [2.75, 3.05) is 5.73 Å². The third-order valence-electron chi connectivity index (χ3n) is 2.34. The van der Waals surface area contributed by atoms with E-state index in [4.69, 9.17) is 5.73 Å². The minimum absolute atomic E-state index is 0.192. The Hall–Kier alpha value is -2.44. The molecule has 0 aliphatic rings. The molecular formula is C9H9N7. The van der Waals surface area contributed by atoms with Crippen LogP contribution < -0.4 is 5.73 Å². The zero-order valence-corrected chi connectivity index (χ0v) is 8.55. The molecule has 0 aliphatic heterocycles. The Bertz CT molecular complexity index is 651. The lowest BCUT2D eigenvalue weighted by Gasteiger charge is -2.02. The van der Waals surface area contributed by atoms with Crippen LogP contribution in [0.3, 0.4) is 0 Å². The van der Waals surface area contributed by atoms with Gasteiger partial charge < -0.3 is 15.3 Å². The number of hydrogen-bond donors (Lipinski definition) is 2. The number of fused-ring (bicyclic) bond motifs is 1. The van der Waals surface area contributed by atoms with Crippen LogP contribution in [0.15, 0.2) is 18.7 Å². The van der Waals surface area contributed by atoms with E-state index in [0.717, 1.165) is 11.3 Å². The normalized spacial score (nSPS) is 11.1.